The zero-order valence-corrected chi connectivity index (χ0v) is 12.5. The Morgan fingerprint density at radius 2 is 2.05 bits per heavy atom. The predicted molar refractivity (Wildman–Crippen MR) is 90.0 cm³/mol. The molecule has 1 aromatic carbocycles. The van der Waals surface area contributed by atoms with Crippen LogP contribution in [0.15, 0.2) is 79.7 Å². The molecule has 3 nitrogen and oxygen atoms in total. The van der Waals surface area contributed by atoms with Crippen molar-refractivity contribution in [1.82, 2.24) is 4.57 Å². The zero-order chi connectivity index (χ0) is 15.9. The number of carboxylic acid groups (broad SMARTS) is 1. The van der Waals surface area contributed by atoms with Gasteiger partial charge in [-0.3, -0.25) is 0 Å². The zero-order valence-electron chi connectivity index (χ0n) is 12.5. The van der Waals surface area contributed by atoms with Gasteiger partial charge in [0.1, 0.15) is 0 Å². The number of rotatable bonds is 6. The topological polar surface area (TPSA) is 42.2 Å². The van der Waals surface area contributed by atoms with Gasteiger partial charge in [-0.15, -0.1) is 0 Å². The molecule has 0 saturated carbocycles. The third-order valence-electron chi connectivity index (χ3n) is 3.38. The number of hydrogen-bond donors (Lipinski definition) is 1. The Balaban J connectivity index is 2.19. The Morgan fingerprint density at radius 3 is 2.77 bits per heavy atom. The summed E-state index contributed by atoms with van der Waals surface area (Å²) in [6.07, 6.45) is 13.6. The van der Waals surface area contributed by atoms with Gasteiger partial charge in [0.2, 0.25) is 0 Å². The highest BCUT2D eigenvalue weighted by Gasteiger charge is 2.07. The van der Waals surface area contributed by atoms with Gasteiger partial charge in [0.15, 0.2) is 0 Å². The molecule has 112 valence electrons. The molecule has 0 aliphatic rings. The first-order valence-electron chi connectivity index (χ1n) is 7.09. The lowest BCUT2D eigenvalue weighted by Crippen LogP contribution is -1.98. The Morgan fingerprint density at radius 1 is 1.23 bits per heavy atom. The summed E-state index contributed by atoms with van der Waals surface area (Å²) in [6, 6.07) is 9.17. The number of carboxylic acids is 1. The Kier molecular flexibility index (Phi) is 5.15. The molecule has 0 saturated heterocycles. The van der Waals surface area contributed by atoms with Gasteiger partial charge in [-0.05, 0) is 36.2 Å². The Labute approximate surface area is 130 Å². The molecule has 0 fully saturated rings. The number of nitrogens with zero attached hydrogens (tertiary/aromatic N) is 1. The van der Waals surface area contributed by atoms with Crippen LogP contribution in [0.2, 0.25) is 0 Å². The maximum atomic E-state index is 11.0. The maximum absolute atomic E-state index is 11.0. The lowest BCUT2D eigenvalue weighted by atomic mass is 10.1. The average molecular weight is 293 g/mol. The summed E-state index contributed by atoms with van der Waals surface area (Å²) >= 11 is 0. The van der Waals surface area contributed by atoms with E-state index < -0.39 is 5.97 Å². The van der Waals surface area contributed by atoms with Gasteiger partial charge in [-0.25, -0.2) is 4.79 Å². The third kappa shape index (κ3) is 3.85. The van der Waals surface area contributed by atoms with Crippen molar-refractivity contribution < 1.29 is 9.90 Å². The minimum atomic E-state index is -0.911. The van der Waals surface area contributed by atoms with E-state index in [9.17, 15) is 4.79 Å². The molecule has 1 unspecified atom stereocenters. The first-order valence-corrected chi connectivity index (χ1v) is 7.09. The second-order valence-electron chi connectivity index (χ2n) is 4.98. The average Bonchev–Trinajstić information content (AvgIpc) is 3.01. The second-order valence-corrected chi connectivity index (χ2v) is 4.98. The van der Waals surface area contributed by atoms with Gasteiger partial charge >= 0.3 is 5.97 Å². The van der Waals surface area contributed by atoms with Crippen LogP contribution in [0.4, 0.5) is 0 Å². The first-order chi connectivity index (χ1) is 10.6. The van der Waals surface area contributed by atoms with E-state index in [-0.39, 0.29) is 6.04 Å². The van der Waals surface area contributed by atoms with Crippen LogP contribution in [-0.2, 0) is 0 Å². The lowest BCUT2D eigenvalue weighted by molar-refractivity contribution is 0.0697. The minimum absolute atomic E-state index is 0.214. The van der Waals surface area contributed by atoms with Crippen LogP contribution in [0.5, 0.6) is 0 Å². The second kappa shape index (κ2) is 7.27. The van der Waals surface area contributed by atoms with Crippen molar-refractivity contribution in [2.24, 2.45) is 0 Å². The fourth-order valence-corrected chi connectivity index (χ4v) is 2.14. The molecule has 0 aliphatic heterocycles. The largest absolute Gasteiger partial charge is 0.478 e. The van der Waals surface area contributed by atoms with E-state index in [0.29, 0.717) is 5.56 Å². The summed E-state index contributed by atoms with van der Waals surface area (Å²) in [6.45, 7) is 5.72. The predicted octanol–water partition coefficient (Wildman–Crippen LogP) is 4.71. The van der Waals surface area contributed by atoms with E-state index in [1.165, 1.54) is 0 Å². The van der Waals surface area contributed by atoms with Crippen LogP contribution in [0.25, 0.3) is 11.1 Å². The van der Waals surface area contributed by atoms with Crippen molar-refractivity contribution in [1.29, 1.82) is 0 Å². The number of aromatic carboxylic acids is 1. The summed E-state index contributed by atoms with van der Waals surface area (Å²) in [5.41, 5.74) is 2.21. The highest BCUT2D eigenvalue weighted by molar-refractivity contribution is 5.89. The van der Waals surface area contributed by atoms with Crippen LogP contribution < -0.4 is 0 Å². The summed E-state index contributed by atoms with van der Waals surface area (Å²) in [4.78, 5) is 11.0. The molecule has 2 rings (SSSR count). The molecule has 2 aromatic rings. The molecule has 0 aliphatic carbocycles. The van der Waals surface area contributed by atoms with Crippen LogP contribution in [0.1, 0.15) is 23.3 Å². The van der Waals surface area contributed by atoms with Crippen LogP contribution in [0.3, 0.4) is 0 Å². The number of carbonyl (C=O) groups is 1. The fraction of sp³-hybridized carbons (Fsp3) is 0.105. The number of allylic oxidation sites excluding steroid dienone is 5. The van der Waals surface area contributed by atoms with Crippen LogP contribution in [-0.4, -0.2) is 15.6 Å². The van der Waals surface area contributed by atoms with Crippen molar-refractivity contribution in [3.8, 4) is 11.1 Å². The SMILES string of the molecule is C=C/C=C\C=C/C(C)n1ccc(-c2cccc(C(=O)O)c2)c1. The molecule has 3 heteroatoms. The van der Waals surface area contributed by atoms with E-state index in [0.717, 1.165) is 11.1 Å². The van der Waals surface area contributed by atoms with Gasteiger partial charge in [-0.2, -0.15) is 0 Å². The molecule has 1 aromatic heterocycles. The third-order valence-corrected chi connectivity index (χ3v) is 3.38. The van der Waals surface area contributed by atoms with Crippen molar-refractivity contribution in [2.45, 2.75) is 13.0 Å². The van der Waals surface area contributed by atoms with Crippen molar-refractivity contribution in [3.05, 3.63) is 85.2 Å². The Hall–Kier alpha value is -2.81. The van der Waals surface area contributed by atoms with Crippen molar-refractivity contribution >= 4 is 5.97 Å². The van der Waals surface area contributed by atoms with Crippen molar-refractivity contribution in [3.63, 3.8) is 0 Å². The van der Waals surface area contributed by atoms with E-state index in [1.807, 2.05) is 42.8 Å². The van der Waals surface area contributed by atoms with Gasteiger partial charge in [0.25, 0.3) is 0 Å². The van der Waals surface area contributed by atoms with Crippen molar-refractivity contribution in [2.75, 3.05) is 0 Å². The number of hydrogen-bond acceptors (Lipinski definition) is 1. The fourth-order valence-electron chi connectivity index (χ4n) is 2.14. The van der Waals surface area contributed by atoms with Crippen LogP contribution in [0, 0.1) is 0 Å². The molecule has 0 spiro atoms. The summed E-state index contributed by atoms with van der Waals surface area (Å²) < 4.78 is 2.08. The molecule has 0 radical (unpaired) electrons. The maximum Gasteiger partial charge on any atom is 0.335 e. The highest BCUT2D eigenvalue weighted by atomic mass is 16.4. The van der Waals surface area contributed by atoms with Gasteiger partial charge in [-0.1, -0.05) is 49.1 Å². The van der Waals surface area contributed by atoms with Gasteiger partial charge in [0, 0.05) is 18.4 Å². The smallest absolute Gasteiger partial charge is 0.335 e. The van der Waals surface area contributed by atoms with E-state index in [4.69, 9.17) is 5.11 Å². The van der Waals surface area contributed by atoms with E-state index >= 15 is 0 Å². The Bertz CT molecular complexity index is 723. The standard InChI is InChI=1S/C19H19NO2/c1-3-4-5-6-8-15(2)20-12-11-18(14-20)16-9-7-10-17(13-16)19(21)22/h3-15H,1H2,2H3,(H,21,22)/b5-4-,8-6-. The molecule has 0 amide bonds. The summed E-state index contributed by atoms with van der Waals surface area (Å²) in [7, 11) is 0. The minimum Gasteiger partial charge on any atom is -0.478 e. The summed E-state index contributed by atoms with van der Waals surface area (Å²) in [5, 5.41) is 9.06. The monoisotopic (exact) mass is 293 g/mol. The normalized spacial score (nSPS) is 12.8. The molecular formula is C19H19NO2. The number of aromatic nitrogens is 1. The first kappa shape index (κ1) is 15.6. The quantitative estimate of drug-likeness (QED) is 0.783. The molecular weight excluding hydrogens is 274 g/mol. The molecule has 1 N–H and O–H groups in total. The van der Waals surface area contributed by atoms with Crippen LogP contribution >= 0.6 is 0 Å². The molecule has 22 heavy (non-hydrogen) atoms. The molecule has 1 atom stereocenters. The molecule has 0 bridgehead atoms. The van der Waals surface area contributed by atoms with Gasteiger partial charge in [0.05, 0.1) is 5.56 Å². The highest BCUT2D eigenvalue weighted by Crippen LogP contribution is 2.23. The van der Waals surface area contributed by atoms with Gasteiger partial charge < -0.3 is 9.67 Å². The summed E-state index contributed by atoms with van der Waals surface area (Å²) in [5.74, 6) is -0.911. The number of benzene rings is 1. The molecule has 1 heterocycles. The lowest BCUT2D eigenvalue weighted by Gasteiger charge is -2.08. The van der Waals surface area contributed by atoms with E-state index in [1.54, 1.807) is 24.3 Å². The van der Waals surface area contributed by atoms with E-state index in [2.05, 4.69) is 24.1 Å².